The normalized spacial score (nSPS) is 19.2. The van der Waals surface area contributed by atoms with Crippen molar-refractivity contribution in [3.8, 4) is 16.8 Å². The highest BCUT2D eigenvalue weighted by atomic mass is 35.5. The molecule has 2 fully saturated rings. The molecule has 4 aromatic rings. The van der Waals surface area contributed by atoms with Crippen molar-refractivity contribution in [3.63, 3.8) is 0 Å². The fraction of sp³-hybridized carbons (Fsp3) is 0.400. The minimum atomic E-state index is -2.76. The maximum atomic E-state index is 14.9. The average Bonchev–Trinajstić information content (AvgIpc) is 3.39. The van der Waals surface area contributed by atoms with Crippen molar-refractivity contribution in [2.75, 3.05) is 6.61 Å². The second kappa shape index (κ2) is 12.9. The highest BCUT2D eigenvalue weighted by Crippen LogP contribution is 2.43. The third-order valence-corrected chi connectivity index (χ3v) is 9.47. The van der Waals surface area contributed by atoms with Crippen LogP contribution in [-0.2, 0) is 15.1 Å². The van der Waals surface area contributed by atoms with Crippen LogP contribution < -0.4 is 10.6 Å². The van der Waals surface area contributed by atoms with Crippen LogP contribution in [0.4, 0.5) is 13.6 Å². The lowest BCUT2D eigenvalue weighted by atomic mass is 9.75. The first-order valence-electron chi connectivity index (χ1n) is 16.1. The summed E-state index contributed by atoms with van der Waals surface area (Å²) in [7, 11) is 0. The van der Waals surface area contributed by atoms with Crippen LogP contribution in [0.5, 0.6) is 0 Å². The van der Waals surface area contributed by atoms with Crippen molar-refractivity contribution in [3.05, 3.63) is 89.5 Å². The van der Waals surface area contributed by atoms with E-state index in [9.17, 15) is 18.4 Å². The SMILES string of the molecule is CCC1(NC(=O)OC[C@H](c2ccc(Cl)c(-n3cccn3)c2)N2C(=N)N[C@](CC(C)(C)C)(c3ccc(-c4cnn(C(F)F)c4)cc3)C2=O)CC1. The third kappa shape index (κ3) is 6.89. The lowest BCUT2D eigenvalue weighted by molar-refractivity contribution is -0.134. The van der Waals surface area contributed by atoms with Gasteiger partial charge < -0.3 is 15.4 Å². The van der Waals surface area contributed by atoms with E-state index in [2.05, 4.69) is 20.8 Å². The van der Waals surface area contributed by atoms with Gasteiger partial charge in [0, 0.05) is 29.7 Å². The van der Waals surface area contributed by atoms with Gasteiger partial charge in [-0.05, 0) is 66.0 Å². The molecule has 0 unspecified atom stereocenters. The standard InChI is InChI=1S/C35H39ClF2N8O3/c1-5-34(13-14-34)43-32(48)49-20-28(23-9-12-26(36)27(17-23)44-16-6-15-40-44)46-29(47)35(42-31(46)39,21-33(2,3)4)25-10-7-22(8-11-25)24-18-41-45(19-24)30(37)38/h6-12,15-19,28,30H,5,13-14,20-21H2,1-4H3,(H2,39,42)(H,43,48)/t28-,35-/m1/s1. The molecule has 6 rings (SSSR count). The topological polar surface area (TPSA) is 130 Å². The summed E-state index contributed by atoms with van der Waals surface area (Å²) in [5.41, 5.74) is 0.853. The summed E-state index contributed by atoms with van der Waals surface area (Å²) in [5, 5.41) is 23.8. The zero-order valence-electron chi connectivity index (χ0n) is 27.7. The van der Waals surface area contributed by atoms with Gasteiger partial charge in [-0.2, -0.15) is 19.0 Å². The maximum Gasteiger partial charge on any atom is 0.407 e. The molecule has 14 heteroatoms. The Balaban J connectivity index is 1.37. The predicted molar refractivity (Wildman–Crippen MR) is 180 cm³/mol. The summed E-state index contributed by atoms with van der Waals surface area (Å²) in [6, 6.07) is 13.1. The molecule has 3 N–H and O–H groups in total. The Hall–Kier alpha value is -4.78. The summed E-state index contributed by atoms with van der Waals surface area (Å²) in [6.07, 6.45) is 8.21. The van der Waals surface area contributed by atoms with Gasteiger partial charge in [0.1, 0.15) is 12.1 Å². The molecule has 49 heavy (non-hydrogen) atoms. The summed E-state index contributed by atoms with van der Waals surface area (Å²) in [6.45, 7) is 5.02. The van der Waals surface area contributed by atoms with Crippen molar-refractivity contribution >= 4 is 29.6 Å². The van der Waals surface area contributed by atoms with Crippen LogP contribution in [0.2, 0.25) is 5.02 Å². The highest BCUT2D eigenvalue weighted by molar-refractivity contribution is 6.32. The van der Waals surface area contributed by atoms with E-state index in [1.54, 1.807) is 65.6 Å². The number of guanidine groups is 1. The van der Waals surface area contributed by atoms with E-state index in [0.29, 0.717) is 44.1 Å². The first kappa shape index (κ1) is 34.1. The number of carbonyl (C=O) groups is 2. The van der Waals surface area contributed by atoms with Crippen molar-refractivity contribution in [2.24, 2.45) is 5.41 Å². The number of amides is 2. The quantitative estimate of drug-likeness (QED) is 0.153. The average molecular weight is 693 g/mol. The maximum absolute atomic E-state index is 14.9. The molecule has 1 aliphatic heterocycles. The Bertz CT molecular complexity index is 1850. The molecular formula is C35H39ClF2N8O3. The zero-order chi connectivity index (χ0) is 35.1. The van der Waals surface area contributed by atoms with Crippen LogP contribution in [-0.4, -0.2) is 54.6 Å². The van der Waals surface area contributed by atoms with Crippen LogP contribution in [0.25, 0.3) is 16.8 Å². The van der Waals surface area contributed by atoms with E-state index in [1.165, 1.54) is 17.3 Å². The van der Waals surface area contributed by atoms with Crippen LogP contribution in [0.1, 0.15) is 77.1 Å². The van der Waals surface area contributed by atoms with Gasteiger partial charge in [-0.3, -0.25) is 15.1 Å². The molecule has 0 bridgehead atoms. The number of nitrogens with one attached hydrogen (secondary N) is 3. The first-order chi connectivity index (χ1) is 23.2. The Morgan fingerprint density at radius 3 is 2.47 bits per heavy atom. The third-order valence-electron chi connectivity index (χ3n) is 9.15. The van der Waals surface area contributed by atoms with Gasteiger partial charge in [-0.15, -0.1) is 0 Å². The van der Waals surface area contributed by atoms with Gasteiger partial charge in [0.05, 0.1) is 22.9 Å². The van der Waals surface area contributed by atoms with Crippen LogP contribution in [0.3, 0.4) is 0 Å². The first-order valence-corrected chi connectivity index (χ1v) is 16.5. The lowest BCUT2D eigenvalue weighted by Crippen LogP contribution is -2.47. The van der Waals surface area contributed by atoms with Crippen molar-refractivity contribution in [1.82, 2.24) is 35.1 Å². The fourth-order valence-corrected chi connectivity index (χ4v) is 6.65. The van der Waals surface area contributed by atoms with E-state index < -0.39 is 30.1 Å². The van der Waals surface area contributed by atoms with Crippen molar-refractivity contribution < 1.29 is 23.1 Å². The molecule has 2 amide bonds. The minimum absolute atomic E-state index is 0.159. The molecule has 1 saturated heterocycles. The van der Waals surface area contributed by atoms with Gasteiger partial charge in [-0.25, -0.2) is 14.2 Å². The molecule has 258 valence electrons. The molecule has 11 nitrogen and oxygen atoms in total. The summed E-state index contributed by atoms with van der Waals surface area (Å²) >= 11 is 6.57. The number of aromatic nitrogens is 4. The van der Waals surface area contributed by atoms with Gasteiger partial charge in [0.2, 0.25) is 0 Å². The largest absolute Gasteiger partial charge is 0.447 e. The lowest BCUT2D eigenvalue weighted by Gasteiger charge is -2.35. The summed E-state index contributed by atoms with van der Waals surface area (Å²) in [5.74, 6) is -0.559. The number of alkyl halides is 2. The van der Waals surface area contributed by atoms with Gasteiger partial charge in [0.15, 0.2) is 5.96 Å². The molecule has 2 atom stereocenters. The van der Waals surface area contributed by atoms with Crippen LogP contribution in [0.15, 0.2) is 73.3 Å². The monoisotopic (exact) mass is 692 g/mol. The van der Waals surface area contributed by atoms with E-state index >= 15 is 0 Å². The molecule has 0 radical (unpaired) electrons. The number of halogens is 3. The Kier molecular flexibility index (Phi) is 8.99. The minimum Gasteiger partial charge on any atom is -0.447 e. The van der Waals surface area contributed by atoms with Crippen molar-refractivity contribution in [1.29, 1.82) is 5.41 Å². The molecule has 2 aromatic carbocycles. The molecule has 0 spiro atoms. The molecular weight excluding hydrogens is 654 g/mol. The Labute approximate surface area is 288 Å². The Morgan fingerprint density at radius 2 is 1.88 bits per heavy atom. The van der Waals surface area contributed by atoms with Crippen molar-refractivity contribution in [2.45, 2.75) is 77.0 Å². The van der Waals surface area contributed by atoms with Gasteiger partial charge >= 0.3 is 12.6 Å². The van der Waals surface area contributed by atoms with Crippen LogP contribution in [0, 0.1) is 10.8 Å². The predicted octanol–water partition coefficient (Wildman–Crippen LogP) is 7.19. The number of hydrogen-bond donors (Lipinski definition) is 3. The highest BCUT2D eigenvalue weighted by Gasteiger charge is 2.54. The molecule has 3 heterocycles. The second-order valence-corrected chi connectivity index (χ2v) is 14.3. The van der Waals surface area contributed by atoms with Crippen LogP contribution >= 0.6 is 11.6 Å². The number of benzene rings is 2. The Morgan fingerprint density at radius 1 is 1.14 bits per heavy atom. The molecule has 2 aromatic heterocycles. The van der Waals surface area contributed by atoms with E-state index in [0.717, 1.165) is 19.3 Å². The zero-order valence-corrected chi connectivity index (χ0v) is 28.5. The molecule has 1 saturated carbocycles. The number of alkyl carbamates (subject to hydrolysis) is 1. The van der Waals surface area contributed by atoms with Gasteiger partial charge in [-0.1, -0.05) is 69.6 Å². The summed E-state index contributed by atoms with van der Waals surface area (Å²) < 4.78 is 34.3. The van der Waals surface area contributed by atoms with E-state index in [1.807, 2.05) is 27.7 Å². The fourth-order valence-electron chi connectivity index (χ4n) is 6.44. The van der Waals surface area contributed by atoms with E-state index in [-0.39, 0.29) is 23.5 Å². The number of rotatable bonds is 11. The smallest absolute Gasteiger partial charge is 0.407 e. The molecule has 1 aliphatic carbocycles. The number of hydrogen-bond acceptors (Lipinski definition) is 6. The number of carbonyl (C=O) groups excluding carboxylic acids is 2. The second-order valence-electron chi connectivity index (χ2n) is 13.9. The molecule has 2 aliphatic rings. The summed E-state index contributed by atoms with van der Waals surface area (Å²) in [4.78, 5) is 29.3. The number of nitrogens with zero attached hydrogens (tertiary/aromatic N) is 5. The van der Waals surface area contributed by atoms with E-state index in [4.69, 9.17) is 21.7 Å². The van der Waals surface area contributed by atoms with Gasteiger partial charge in [0.25, 0.3) is 5.91 Å². The number of ether oxygens (including phenoxy) is 1.